The summed E-state index contributed by atoms with van der Waals surface area (Å²) in [5.74, 6) is -2.63. The number of aromatic nitrogens is 1. The summed E-state index contributed by atoms with van der Waals surface area (Å²) >= 11 is 5.65. The van der Waals surface area contributed by atoms with Gasteiger partial charge in [-0.3, -0.25) is 4.79 Å². The number of amides is 1. The van der Waals surface area contributed by atoms with Crippen LogP contribution < -0.4 is 5.32 Å². The topological polar surface area (TPSA) is 42.0 Å². The number of nitrogens with one attached hydrogen (secondary N) is 1. The van der Waals surface area contributed by atoms with Gasteiger partial charge in [0.25, 0.3) is 5.91 Å². The van der Waals surface area contributed by atoms with Gasteiger partial charge in [0.1, 0.15) is 5.15 Å². The van der Waals surface area contributed by atoms with Gasteiger partial charge >= 0.3 is 0 Å². The molecule has 0 spiro atoms. The zero-order valence-corrected chi connectivity index (χ0v) is 9.71. The summed E-state index contributed by atoms with van der Waals surface area (Å²) in [6.45, 7) is 0. The zero-order valence-electron chi connectivity index (χ0n) is 8.95. The van der Waals surface area contributed by atoms with E-state index < -0.39 is 17.5 Å². The molecule has 1 aromatic heterocycles. The van der Waals surface area contributed by atoms with Crippen LogP contribution in [0.15, 0.2) is 36.5 Å². The molecule has 0 radical (unpaired) electrons. The maximum absolute atomic E-state index is 13.0. The molecule has 1 N–H and O–H groups in total. The van der Waals surface area contributed by atoms with E-state index in [4.69, 9.17) is 11.6 Å². The fraction of sp³-hybridized carbons (Fsp3) is 0. The van der Waals surface area contributed by atoms with E-state index in [2.05, 4.69) is 10.3 Å². The van der Waals surface area contributed by atoms with Crippen molar-refractivity contribution in [3.05, 3.63) is 58.9 Å². The third-order valence-corrected chi connectivity index (χ3v) is 2.37. The summed E-state index contributed by atoms with van der Waals surface area (Å²) in [6, 6.07) is 5.89. The molecule has 1 heterocycles. The van der Waals surface area contributed by atoms with Crippen molar-refractivity contribution in [3.8, 4) is 0 Å². The second-order valence-electron chi connectivity index (χ2n) is 3.45. The third-order valence-electron chi connectivity index (χ3n) is 2.17. The molecule has 2 rings (SSSR count). The van der Waals surface area contributed by atoms with E-state index in [0.717, 1.165) is 12.1 Å². The van der Waals surface area contributed by atoms with Crippen LogP contribution >= 0.6 is 11.6 Å². The molecule has 1 amide bonds. The van der Waals surface area contributed by atoms with Crippen molar-refractivity contribution in [2.75, 3.05) is 5.32 Å². The first-order chi connectivity index (χ1) is 8.56. The van der Waals surface area contributed by atoms with Crippen molar-refractivity contribution in [2.24, 2.45) is 0 Å². The molecule has 0 unspecified atom stereocenters. The van der Waals surface area contributed by atoms with Gasteiger partial charge in [-0.05, 0) is 30.3 Å². The van der Waals surface area contributed by atoms with E-state index in [9.17, 15) is 13.6 Å². The molecular weight excluding hydrogens is 262 g/mol. The Hall–Kier alpha value is -2.01. The van der Waals surface area contributed by atoms with Crippen molar-refractivity contribution < 1.29 is 13.6 Å². The van der Waals surface area contributed by atoms with Gasteiger partial charge in [-0.15, -0.1) is 0 Å². The molecule has 0 fully saturated rings. The van der Waals surface area contributed by atoms with E-state index in [0.29, 0.717) is 5.69 Å². The van der Waals surface area contributed by atoms with Gasteiger partial charge in [0.15, 0.2) is 11.6 Å². The Morgan fingerprint density at radius 1 is 1.17 bits per heavy atom. The van der Waals surface area contributed by atoms with Crippen molar-refractivity contribution in [3.63, 3.8) is 0 Å². The fourth-order valence-corrected chi connectivity index (χ4v) is 1.49. The highest BCUT2D eigenvalue weighted by atomic mass is 35.5. The number of rotatable bonds is 2. The molecule has 1 aromatic carbocycles. The average Bonchev–Trinajstić information content (AvgIpc) is 2.32. The summed E-state index contributed by atoms with van der Waals surface area (Å²) in [5.41, 5.74) is 0.437. The zero-order chi connectivity index (χ0) is 13.1. The highest BCUT2D eigenvalue weighted by Crippen LogP contribution is 2.14. The molecule has 0 atom stereocenters. The summed E-state index contributed by atoms with van der Waals surface area (Å²) < 4.78 is 25.7. The SMILES string of the molecule is O=C(Nc1ccnc(Cl)c1)c1ccc(F)c(F)c1. The van der Waals surface area contributed by atoms with E-state index >= 15 is 0 Å². The standard InChI is InChI=1S/C12H7ClF2N2O/c13-11-6-8(3-4-16-11)17-12(18)7-1-2-9(14)10(15)5-7/h1-6H,(H,16,17,18). The van der Waals surface area contributed by atoms with Crippen molar-refractivity contribution in [1.82, 2.24) is 4.98 Å². The summed E-state index contributed by atoms with van der Waals surface area (Å²) in [4.78, 5) is 15.5. The van der Waals surface area contributed by atoms with Gasteiger partial charge < -0.3 is 5.32 Å². The van der Waals surface area contributed by atoms with Crippen molar-refractivity contribution in [1.29, 1.82) is 0 Å². The predicted molar refractivity (Wildman–Crippen MR) is 63.6 cm³/mol. The molecule has 0 bridgehead atoms. The largest absolute Gasteiger partial charge is 0.322 e. The van der Waals surface area contributed by atoms with Crippen LogP contribution in [0.25, 0.3) is 0 Å². The van der Waals surface area contributed by atoms with Gasteiger partial charge in [-0.1, -0.05) is 11.6 Å². The van der Waals surface area contributed by atoms with E-state index in [1.165, 1.54) is 24.4 Å². The Bertz CT molecular complexity index is 604. The highest BCUT2D eigenvalue weighted by molar-refractivity contribution is 6.29. The second kappa shape index (κ2) is 5.10. The van der Waals surface area contributed by atoms with Gasteiger partial charge in [0.2, 0.25) is 0 Å². The highest BCUT2D eigenvalue weighted by Gasteiger charge is 2.10. The first-order valence-corrected chi connectivity index (χ1v) is 5.32. The smallest absolute Gasteiger partial charge is 0.255 e. The van der Waals surface area contributed by atoms with E-state index in [1.54, 1.807) is 0 Å². The molecule has 0 aliphatic heterocycles. The van der Waals surface area contributed by atoms with Gasteiger partial charge in [-0.25, -0.2) is 13.8 Å². The molecule has 2 aromatic rings. The van der Waals surface area contributed by atoms with Gasteiger partial charge in [0, 0.05) is 17.4 Å². The molecule has 0 saturated carbocycles. The Morgan fingerprint density at radius 3 is 2.61 bits per heavy atom. The van der Waals surface area contributed by atoms with Crippen LogP contribution in [0.3, 0.4) is 0 Å². The quantitative estimate of drug-likeness (QED) is 0.850. The lowest BCUT2D eigenvalue weighted by Crippen LogP contribution is -2.12. The van der Waals surface area contributed by atoms with Gasteiger partial charge in [-0.2, -0.15) is 0 Å². The van der Waals surface area contributed by atoms with Crippen molar-refractivity contribution >= 4 is 23.2 Å². The maximum Gasteiger partial charge on any atom is 0.255 e. The second-order valence-corrected chi connectivity index (χ2v) is 3.84. The Kier molecular flexibility index (Phi) is 3.53. The van der Waals surface area contributed by atoms with Crippen LogP contribution in [0.5, 0.6) is 0 Å². The molecule has 3 nitrogen and oxygen atoms in total. The number of carbonyl (C=O) groups is 1. The van der Waals surface area contributed by atoms with Crippen LogP contribution in [0, 0.1) is 11.6 Å². The van der Waals surface area contributed by atoms with Crippen LogP contribution in [0.1, 0.15) is 10.4 Å². The lowest BCUT2D eigenvalue weighted by molar-refractivity contribution is 0.102. The Labute approximate surface area is 106 Å². The molecular formula is C12H7ClF2N2O. The lowest BCUT2D eigenvalue weighted by Gasteiger charge is -2.05. The minimum absolute atomic E-state index is 0.0156. The third kappa shape index (κ3) is 2.81. The molecule has 6 heteroatoms. The summed E-state index contributed by atoms with van der Waals surface area (Å²) in [5, 5.41) is 2.71. The number of pyridine rings is 1. The number of anilines is 1. The normalized spacial score (nSPS) is 10.2. The Morgan fingerprint density at radius 2 is 1.94 bits per heavy atom. The minimum atomic E-state index is -1.07. The first-order valence-electron chi connectivity index (χ1n) is 4.94. The minimum Gasteiger partial charge on any atom is -0.322 e. The number of nitrogens with zero attached hydrogens (tertiary/aromatic N) is 1. The monoisotopic (exact) mass is 268 g/mol. The molecule has 18 heavy (non-hydrogen) atoms. The number of hydrogen-bond acceptors (Lipinski definition) is 2. The maximum atomic E-state index is 13.0. The molecule has 92 valence electrons. The number of halogens is 3. The predicted octanol–water partition coefficient (Wildman–Crippen LogP) is 3.27. The fourth-order valence-electron chi connectivity index (χ4n) is 1.32. The molecule has 0 aliphatic rings. The van der Waals surface area contributed by atoms with E-state index in [-0.39, 0.29) is 10.7 Å². The first kappa shape index (κ1) is 12.4. The van der Waals surface area contributed by atoms with Crippen LogP contribution in [0.4, 0.5) is 14.5 Å². The van der Waals surface area contributed by atoms with E-state index in [1.807, 2.05) is 0 Å². The lowest BCUT2D eigenvalue weighted by atomic mass is 10.2. The summed E-state index contributed by atoms with van der Waals surface area (Å²) in [6.07, 6.45) is 1.42. The average molecular weight is 269 g/mol. The van der Waals surface area contributed by atoms with Gasteiger partial charge in [0.05, 0.1) is 0 Å². The number of carbonyl (C=O) groups excluding carboxylic acids is 1. The van der Waals surface area contributed by atoms with Crippen LogP contribution in [-0.2, 0) is 0 Å². The molecule has 0 saturated heterocycles. The van der Waals surface area contributed by atoms with Crippen LogP contribution in [0.2, 0.25) is 5.15 Å². The summed E-state index contributed by atoms with van der Waals surface area (Å²) in [7, 11) is 0. The molecule has 0 aliphatic carbocycles. The van der Waals surface area contributed by atoms with Crippen LogP contribution in [-0.4, -0.2) is 10.9 Å². The van der Waals surface area contributed by atoms with Crippen molar-refractivity contribution in [2.45, 2.75) is 0 Å². The number of hydrogen-bond donors (Lipinski definition) is 1. The Balaban J connectivity index is 2.19. The number of benzene rings is 1.